The molecule has 4 heterocycles. The minimum atomic E-state index is -2.41. The number of methoxy groups -OCH3 is 2. The van der Waals surface area contributed by atoms with Crippen molar-refractivity contribution in [3.63, 3.8) is 0 Å². The number of ether oxygens (including phenoxy) is 4. The first-order chi connectivity index (χ1) is 31.5. The first kappa shape index (κ1) is 46.0. The van der Waals surface area contributed by atoms with Gasteiger partial charge in [-0.05, 0) is 116 Å². The Hall–Kier alpha value is -5.58. The number of aliphatic hydroxyl groups is 2. The second-order valence-corrected chi connectivity index (χ2v) is 22.6. The zero-order valence-electron chi connectivity index (χ0n) is 38.3. The molecule has 8 rings (SSSR count). The molecule has 1 saturated heterocycles. The quantitative estimate of drug-likeness (QED) is 0.0656. The van der Waals surface area contributed by atoms with Gasteiger partial charge in [0.15, 0.2) is 5.60 Å². The van der Waals surface area contributed by atoms with Gasteiger partial charge in [-0.15, -0.1) is 5.10 Å². The van der Waals surface area contributed by atoms with Gasteiger partial charge in [0.2, 0.25) is 5.91 Å². The molecule has 344 valence electrons. The van der Waals surface area contributed by atoms with Gasteiger partial charge in [-0.2, -0.15) is 0 Å². The highest BCUT2D eigenvalue weighted by Crippen LogP contribution is 2.60. The van der Waals surface area contributed by atoms with Gasteiger partial charge in [0, 0.05) is 49.5 Å². The molecule has 1 fully saturated rings. The van der Waals surface area contributed by atoms with Crippen LogP contribution < -0.4 is 34.5 Å². The van der Waals surface area contributed by atoms with Crippen molar-refractivity contribution in [2.45, 2.75) is 95.4 Å². The molecule has 3 aliphatic heterocycles. The van der Waals surface area contributed by atoms with Crippen molar-refractivity contribution in [2.75, 3.05) is 50.4 Å². The van der Waals surface area contributed by atoms with Crippen LogP contribution in [0, 0.1) is 5.92 Å². The van der Waals surface area contributed by atoms with E-state index in [1.54, 1.807) is 23.8 Å². The van der Waals surface area contributed by atoms with Crippen LogP contribution in [-0.2, 0) is 45.9 Å². The molecule has 1 spiro atoms. The van der Waals surface area contributed by atoms with Crippen LogP contribution >= 0.6 is 0 Å². The second-order valence-electron chi connectivity index (χ2n) is 17.9. The molecule has 15 heteroatoms. The number of nitrogens with zero attached hydrogens (tertiary/aromatic N) is 5. The van der Waals surface area contributed by atoms with Gasteiger partial charge in [-0.1, -0.05) is 54.7 Å². The number of hydrogen-bond acceptors (Lipinski definition) is 11. The third kappa shape index (κ3) is 8.79. The molecule has 4 aromatic carbocycles. The summed E-state index contributed by atoms with van der Waals surface area (Å²) >= 11 is 0. The number of hydrogen-bond donors (Lipinski definition) is 3. The largest absolute Gasteiger partial charge is 0.497 e. The number of carbonyl (C=O) groups is 2. The Morgan fingerprint density at radius 2 is 1.62 bits per heavy atom. The van der Waals surface area contributed by atoms with Crippen molar-refractivity contribution in [1.29, 1.82) is 0 Å². The zero-order chi connectivity index (χ0) is 45.9. The minimum absolute atomic E-state index is 0.00599. The second kappa shape index (κ2) is 19.5. The number of rotatable bonds is 19. The van der Waals surface area contributed by atoms with Crippen LogP contribution in [0.25, 0.3) is 0 Å². The van der Waals surface area contributed by atoms with E-state index in [1.807, 2.05) is 90.8 Å². The summed E-state index contributed by atoms with van der Waals surface area (Å²) in [6.07, 6.45) is 4.55. The molecule has 0 radical (unpaired) electrons. The summed E-state index contributed by atoms with van der Waals surface area (Å²) in [6, 6.07) is 27.5. The number of fused-ring (bicyclic) bond motifs is 3. The van der Waals surface area contributed by atoms with Gasteiger partial charge < -0.3 is 39.4 Å². The smallest absolute Gasteiger partial charge is 0.264 e. The molecule has 0 aliphatic carbocycles. The predicted octanol–water partition coefficient (Wildman–Crippen LogP) is 6.03. The lowest BCUT2D eigenvalue weighted by Crippen LogP contribution is -2.51. The maximum Gasteiger partial charge on any atom is 0.264 e. The Bertz CT molecular complexity index is 2460. The van der Waals surface area contributed by atoms with E-state index < -0.39 is 19.7 Å². The lowest BCUT2D eigenvalue weighted by Gasteiger charge is -2.37. The van der Waals surface area contributed by atoms with Gasteiger partial charge >= 0.3 is 0 Å². The Balaban J connectivity index is 1.12. The average Bonchev–Trinajstić information content (AvgIpc) is 3.97. The highest BCUT2D eigenvalue weighted by molar-refractivity contribution is 6.91. The summed E-state index contributed by atoms with van der Waals surface area (Å²) < 4.78 is 26.3. The number of anilines is 3. The lowest BCUT2D eigenvalue weighted by molar-refractivity contribution is -0.146. The summed E-state index contributed by atoms with van der Waals surface area (Å²) in [5.74, 6) is 1.80. The summed E-state index contributed by atoms with van der Waals surface area (Å²) in [4.78, 5) is 33.4. The number of carbonyl (C=O) groups excluding carboxylic acids is 2. The number of unbranched alkanes of at least 4 members (excludes halogenated alkanes) is 1. The average molecular weight is 903 g/mol. The first-order valence-corrected chi connectivity index (χ1v) is 25.9. The van der Waals surface area contributed by atoms with E-state index in [0.29, 0.717) is 51.1 Å². The van der Waals surface area contributed by atoms with Gasteiger partial charge in [-0.25, -0.2) is 0 Å². The Labute approximate surface area is 382 Å². The van der Waals surface area contributed by atoms with Crippen molar-refractivity contribution >= 4 is 42.1 Å². The minimum Gasteiger partial charge on any atom is -0.497 e. The van der Waals surface area contributed by atoms with E-state index in [0.717, 1.165) is 57.4 Å². The molecule has 0 bridgehead atoms. The molecule has 65 heavy (non-hydrogen) atoms. The van der Waals surface area contributed by atoms with Gasteiger partial charge in [-0.3, -0.25) is 19.2 Å². The van der Waals surface area contributed by atoms with E-state index in [4.69, 9.17) is 18.9 Å². The molecule has 3 N–H and O–H groups in total. The van der Waals surface area contributed by atoms with Crippen LogP contribution in [0.3, 0.4) is 0 Å². The van der Waals surface area contributed by atoms with Crippen LogP contribution in [-0.4, -0.2) is 97.8 Å². The highest BCUT2D eigenvalue weighted by Gasteiger charge is 2.66. The zero-order valence-corrected chi connectivity index (χ0v) is 39.3. The molecule has 3 aliphatic rings. The first-order valence-electron chi connectivity index (χ1n) is 22.8. The molecular formula is C50H62N6O8Si. The maximum atomic E-state index is 15.5. The van der Waals surface area contributed by atoms with E-state index in [1.165, 1.54) is 5.19 Å². The maximum absolute atomic E-state index is 15.5. The standard InChI is InChI=1S/C50H62N6O8Si/c1-7-63-40-17-20-44-35(28-40)29-43(51-24-8-9-26-57)48(59)56(44)37-12-10-34(11-13-37)31-55-45-21-16-39(62-4)30-42(45)50(49(55)60)33(2)47(65(5,6)41-18-14-38(61-3)15-19-41)46(64-50)22-25-54-32-36(23-27-58)52-53-54/h10-21,28,30,32-33,43,46-47,51,57-58H,7-9,22-27,29,31H2,1-6H3/t33-,43?,46+,47-,50+/m0/s1. The fourth-order valence-corrected chi connectivity index (χ4v) is 14.5. The SMILES string of the molecule is CCOc1ccc2c(c1)CC(NCCCCO)C(=O)N2c1ccc(CN2C(=O)[C@]3(O[C@H](CCn4cc(CCO)nn4)[C@@H]([Si](C)(C)c4ccc(OC)cc4)[C@@H]3C)c3cc(OC)ccc32)cc1. The molecule has 14 nitrogen and oxygen atoms in total. The Kier molecular flexibility index (Phi) is 13.8. The van der Waals surface area contributed by atoms with Gasteiger partial charge in [0.1, 0.15) is 17.2 Å². The predicted molar refractivity (Wildman–Crippen MR) is 252 cm³/mol. The Morgan fingerprint density at radius 3 is 2.32 bits per heavy atom. The number of aryl methyl sites for hydroxylation is 1. The van der Waals surface area contributed by atoms with Crippen LogP contribution in [0.4, 0.5) is 17.1 Å². The van der Waals surface area contributed by atoms with Crippen LogP contribution in [0.15, 0.2) is 91.1 Å². The van der Waals surface area contributed by atoms with E-state index in [-0.39, 0.29) is 49.1 Å². The molecule has 0 saturated carbocycles. The number of aromatic nitrogens is 3. The van der Waals surface area contributed by atoms with Gasteiger partial charge in [0.05, 0.1) is 64.7 Å². The van der Waals surface area contributed by atoms with Crippen LogP contribution in [0.1, 0.15) is 55.5 Å². The molecule has 5 atom stereocenters. The van der Waals surface area contributed by atoms with Crippen LogP contribution in [0.2, 0.25) is 18.6 Å². The number of nitrogens with one attached hydrogen (secondary N) is 1. The van der Waals surface area contributed by atoms with Crippen molar-refractivity contribution in [3.8, 4) is 17.2 Å². The normalized spacial score (nSPS) is 21.5. The van der Waals surface area contributed by atoms with Crippen molar-refractivity contribution in [1.82, 2.24) is 20.3 Å². The third-order valence-electron chi connectivity index (χ3n) is 13.7. The third-order valence-corrected chi connectivity index (χ3v) is 18.1. The van der Waals surface area contributed by atoms with E-state index in [2.05, 4.69) is 47.8 Å². The summed E-state index contributed by atoms with van der Waals surface area (Å²) in [6.45, 7) is 10.9. The van der Waals surface area contributed by atoms with Crippen molar-refractivity contribution < 1.29 is 38.7 Å². The molecule has 1 unspecified atom stereocenters. The monoisotopic (exact) mass is 902 g/mol. The summed E-state index contributed by atoms with van der Waals surface area (Å²) in [7, 11) is 0.896. The fraction of sp³-hybridized carbons (Fsp3) is 0.440. The van der Waals surface area contributed by atoms with E-state index >= 15 is 4.79 Å². The number of benzene rings is 4. The highest BCUT2D eigenvalue weighted by atomic mass is 28.3. The number of amides is 2. The topological polar surface area (TPSA) is 161 Å². The summed E-state index contributed by atoms with van der Waals surface area (Å²) in [5.41, 5.74) is 4.46. The molecular weight excluding hydrogens is 841 g/mol. The fourth-order valence-electron chi connectivity index (χ4n) is 10.4. The molecule has 1 aromatic heterocycles. The Morgan fingerprint density at radius 1 is 0.892 bits per heavy atom. The molecule has 5 aromatic rings. The van der Waals surface area contributed by atoms with E-state index in [9.17, 15) is 15.0 Å². The summed E-state index contributed by atoms with van der Waals surface area (Å²) in [5, 5.41) is 32.1. The van der Waals surface area contributed by atoms with Gasteiger partial charge in [0.25, 0.3) is 5.91 Å². The number of aliphatic hydroxyl groups excluding tert-OH is 2. The van der Waals surface area contributed by atoms with Crippen molar-refractivity contribution in [2.24, 2.45) is 5.92 Å². The van der Waals surface area contributed by atoms with Crippen molar-refractivity contribution in [3.05, 3.63) is 114 Å². The lowest BCUT2D eigenvalue weighted by atomic mass is 9.82. The van der Waals surface area contributed by atoms with Crippen LogP contribution in [0.5, 0.6) is 17.2 Å². The molecule has 2 amide bonds.